The molecule has 0 unspecified atom stereocenters. The summed E-state index contributed by atoms with van der Waals surface area (Å²) < 4.78 is 6.41. The van der Waals surface area contributed by atoms with Crippen LogP contribution in [0, 0.1) is 6.92 Å². The van der Waals surface area contributed by atoms with Crippen molar-refractivity contribution in [2.24, 2.45) is 0 Å². The maximum Gasteiger partial charge on any atom is 0.328 e. The van der Waals surface area contributed by atoms with E-state index in [-0.39, 0.29) is 11.1 Å². The van der Waals surface area contributed by atoms with Gasteiger partial charge in [0.15, 0.2) is 0 Å². The zero-order valence-electron chi connectivity index (χ0n) is 17.2. The Labute approximate surface area is 174 Å². The van der Waals surface area contributed by atoms with Crippen molar-refractivity contribution >= 4 is 22.8 Å². The van der Waals surface area contributed by atoms with Crippen molar-refractivity contribution in [3.8, 4) is 0 Å². The van der Waals surface area contributed by atoms with Crippen LogP contribution in [-0.4, -0.2) is 46.0 Å². The van der Waals surface area contributed by atoms with Crippen LogP contribution in [0.4, 0.5) is 0 Å². The lowest BCUT2D eigenvalue weighted by Gasteiger charge is -2.23. The number of benzene rings is 1. The number of methoxy groups -OCH3 is 1. The van der Waals surface area contributed by atoms with Gasteiger partial charge in [0.25, 0.3) is 11.5 Å². The average Bonchev–Trinajstić information content (AvgIpc) is 3.40. The first-order valence-electron chi connectivity index (χ1n) is 10.1. The van der Waals surface area contributed by atoms with Gasteiger partial charge in [-0.1, -0.05) is 18.2 Å². The molecule has 2 aromatic heterocycles. The van der Waals surface area contributed by atoms with Crippen molar-refractivity contribution in [1.29, 1.82) is 0 Å². The van der Waals surface area contributed by atoms with Crippen molar-refractivity contribution in [2.45, 2.75) is 38.8 Å². The number of nitrogens with one attached hydrogen (secondary N) is 1. The van der Waals surface area contributed by atoms with Crippen LogP contribution in [0.3, 0.4) is 0 Å². The fourth-order valence-corrected chi connectivity index (χ4v) is 4.22. The number of rotatable bonds is 5. The average molecular weight is 407 g/mol. The Kier molecular flexibility index (Phi) is 5.44. The van der Waals surface area contributed by atoms with Gasteiger partial charge < -0.3 is 19.2 Å². The zero-order valence-corrected chi connectivity index (χ0v) is 17.2. The topological polar surface area (TPSA) is 84.4 Å². The number of amides is 1. The number of hydrogen-bond acceptors (Lipinski definition) is 4. The molecule has 1 aliphatic heterocycles. The lowest BCUT2D eigenvalue weighted by atomic mass is 10.1. The molecule has 3 aromatic rings. The summed E-state index contributed by atoms with van der Waals surface area (Å²) in [5, 5.41) is 1.13. The number of likely N-dealkylation sites (tertiary alicyclic amines) is 1. The van der Waals surface area contributed by atoms with Crippen LogP contribution in [-0.2, 0) is 22.5 Å². The monoisotopic (exact) mass is 407 g/mol. The predicted molar refractivity (Wildman–Crippen MR) is 114 cm³/mol. The van der Waals surface area contributed by atoms with Crippen LogP contribution < -0.4 is 5.56 Å². The first kappa shape index (κ1) is 19.9. The summed E-state index contributed by atoms with van der Waals surface area (Å²) in [4.78, 5) is 43.1. The summed E-state index contributed by atoms with van der Waals surface area (Å²) in [5.74, 6) is -0.832. The lowest BCUT2D eigenvalue weighted by molar-refractivity contribution is -0.145. The quantitative estimate of drug-likeness (QED) is 0.659. The maximum absolute atomic E-state index is 13.2. The van der Waals surface area contributed by atoms with Gasteiger partial charge in [0.1, 0.15) is 11.6 Å². The summed E-state index contributed by atoms with van der Waals surface area (Å²) in [6.07, 6.45) is 5.62. The van der Waals surface area contributed by atoms with Crippen molar-refractivity contribution < 1.29 is 14.3 Å². The van der Waals surface area contributed by atoms with Gasteiger partial charge in [-0.05, 0) is 49.4 Å². The zero-order chi connectivity index (χ0) is 21.3. The minimum atomic E-state index is -0.624. The normalized spacial score (nSPS) is 16.2. The summed E-state index contributed by atoms with van der Waals surface area (Å²) in [5.41, 5.74) is 2.60. The number of para-hydroxylation sites is 1. The molecular formula is C23H25N3O4. The number of aromatic nitrogens is 2. The second-order valence-corrected chi connectivity index (χ2v) is 7.66. The van der Waals surface area contributed by atoms with Crippen molar-refractivity contribution in [2.75, 3.05) is 13.7 Å². The third-order valence-electron chi connectivity index (χ3n) is 5.87. The van der Waals surface area contributed by atoms with Crippen LogP contribution in [0.1, 0.15) is 34.3 Å². The molecule has 3 heterocycles. The molecule has 1 atom stereocenters. The Morgan fingerprint density at radius 1 is 1.23 bits per heavy atom. The summed E-state index contributed by atoms with van der Waals surface area (Å²) >= 11 is 0. The van der Waals surface area contributed by atoms with E-state index in [1.807, 2.05) is 30.5 Å². The highest BCUT2D eigenvalue weighted by atomic mass is 16.5. The number of carbonyl (C=O) groups is 2. The number of pyridine rings is 1. The molecule has 30 heavy (non-hydrogen) atoms. The molecule has 7 nitrogen and oxygen atoms in total. The van der Waals surface area contributed by atoms with E-state index in [0.717, 1.165) is 16.5 Å². The maximum atomic E-state index is 13.2. The number of esters is 1. The molecule has 4 rings (SSSR count). The first-order chi connectivity index (χ1) is 14.5. The van der Waals surface area contributed by atoms with Gasteiger partial charge in [-0.3, -0.25) is 9.59 Å². The molecule has 1 aromatic carbocycles. The number of aryl methyl sites for hydroxylation is 3. The van der Waals surface area contributed by atoms with Crippen LogP contribution in [0.15, 0.2) is 47.5 Å². The van der Waals surface area contributed by atoms with E-state index in [4.69, 9.17) is 4.74 Å². The molecular weight excluding hydrogens is 382 g/mol. The molecule has 1 saturated heterocycles. The fourth-order valence-electron chi connectivity index (χ4n) is 4.22. The van der Waals surface area contributed by atoms with Gasteiger partial charge in [-0.25, -0.2) is 4.79 Å². The van der Waals surface area contributed by atoms with E-state index >= 15 is 0 Å². The van der Waals surface area contributed by atoms with Crippen LogP contribution >= 0.6 is 0 Å². The molecule has 1 fully saturated rings. The molecule has 0 radical (unpaired) electrons. The fraction of sp³-hybridized carbons (Fsp3) is 0.348. The molecule has 156 valence electrons. The number of aromatic amines is 1. The lowest BCUT2D eigenvalue weighted by Crippen LogP contribution is -2.44. The number of ether oxygens (including phenoxy) is 1. The van der Waals surface area contributed by atoms with Gasteiger partial charge in [0.2, 0.25) is 0 Å². The van der Waals surface area contributed by atoms with E-state index in [1.54, 1.807) is 23.8 Å². The summed E-state index contributed by atoms with van der Waals surface area (Å²) in [6.45, 7) is 2.66. The van der Waals surface area contributed by atoms with E-state index in [9.17, 15) is 14.4 Å². The van der Waals surface area contributed by atoms with E-state index in [2.05, 4.69) is 4.98 Å². The first-order valence-corrected chi connectivity index (χ1v) is 10.1. The Morgan fingerprint density at radius 3 is 2.83 bits per heavy atom. The van der Waals surface area contributed by atoms with E-state index in [1.165, 1.54) is 12.0 Å². The third-order valence-corrected chi connectivity index (χ3v) is 5.87. The van der Waals surface area contributed by atoms with Gasteiger partial charge in [0, 0.05) is 36.4 Å². The highest BCUT2D eigenvalue weighted by molar-refractivity contribution is 5.98. The Bertz CT molecular complexity index is 1160. The Balaban J connectivity index is 1.60. The molecule has 1 N–H and O–H groups in total. The second kappa shape index (κ2) is 8.18. The van der Waals surface area contributed by atoms with Gasteiger partial charge in [-0.2, -0.15) is 0 Å². The minimum Gasteiger partial charge on any atom is -0.467 e. The van der Waals surface area contributed by atoms with Crippen molar-refractivity contribution in [3.05, 3.63) is 69.8 Å². The largest absolute Gasteiger partial charge is 0.467 e. The Morgan fingerprint density at radius 2 is 2.03 bits per heavy atom. The number of carbonyl (C=O) groups excluding carboxylic acids is 2. The van der Waals surface area contributed by atoms with Crippen LogP contribution in [0.5, 0.6) is 0 Å². The second-order valence-electron chi connectivity index (χ2n) is 7.66. The van der Waals surface area contributed by atoms with Gasteiger partial charge in [-0.15, -0.1) is 0 Å². The Hall–Kier alpha value is -3.35. The molecule has 0 bridgehead atoms. The molecule has 7 heteroatoms. The number of hydrogen-bond donors (Lipinski definition) is 1. The highest BCUT2D eigenvalue weighted by Gasteiger charge is 2.36. The van der Waals surface area contributed by atoms with Crippen molar-refractivity contribution in [3.63, 3.8) is 0 Å². The van der Waals surface area contributed by atoms with E-state index in [0.29, 0.717) is 37.9 Å². The van der Waals surface area contributed by atoms with Crippen LogP contribution in [0.25, 0.3) is 10.9 Å². The molecule has 1 amide bonds. The van der Waals surface area contributed by atoms with Crippen LogP contribution in [0.2, 0.25) is 0 Å². The van der Waals surface area contributed by atoms with E-state index < -0.39 is 17.9 Å². The van der Waals surface area contributed by atoms with Gasteiger partial charge in [0.05, 0.1) is 7.11 Å². The summed E-state index contributed by atoms with van der Waals surface area (Å²) in [6, 6.07) is 9.19. The standard InChI is InChI=1S/C23H25N3O4/c1-15-9-12-25(13-10-16-14-24-18-7-4-3-6-17(16)18)21(27)20(15)22(28)26-11-5-8-19(26)23(29)30-2/h3-4,6-7,9,12,14,19,24H,5,8,10-11,13H2,1-2H3/t19-/m1/s1. The summed E-state index contributed by atoms with van der Waals surface area (Å²) in [7, 11) is 1.31. The number of fused-ring (bicyclic) bond motifs is 1. The van der Waals surface area contributed by atoms with Gasteiger partial charge >= 0.3 is 5.97 Å². The predicted octanol–water partition coefficient (Wildman–Crippen LogP) is 2.66. The SMILES string of the molecule is COC(=O)[C@H]1CCCN1C(=O)c1c(C)ccn(CCc2c[nH]c3ccccc23)c1=O. The third kappa shape index (κ3) is 3.51. The molecule has 0 spiro atoms. The molecule has 0 saturated carbocycles. The highest BCUT2D eigenvalue weighted by Crippen LogP contribution is 2.22. The smallest absolute Gasteiger partial charge is 0.328 e. The number of H-pyrrole nitrogens is 1. The molecule has 1 aliphatic rings. The molecule has 0 aliphatic carbocycles. The van der Waals surface area contributed by atoms with Crippen molar-refractivity contribution in [1.82, 2.24) is 14.5 Å². The number of nitrogens with zero attached hydrogens (tertiary/aromatic N) is 2. The minimum absolute atomic E-state index is 0.132.